The Balaban J connectivity index is 1.87. The number of amides is 1. The Morgan fingerprint density at radius 2 is 1.88 bits per heavy atom. The van der Waals surface area contributed by atoms with E-state index in [0.717, 1.165) is 12.1 Å². The highest BCUT2D eigenvalue weighted by Crippen LogP contribution is 2.36. The van der Waals surface area contributed by atoms with E-state index in [1.165, 1.54) is 41.3 Å². The molecule has 0 aliphatic heterocycles. The van der Waals surface area contributed by atoms with Crippen LogP contribution in [0.1, 0.15) is 11.1 Å². The van der Waals surface area contributed by atoms with Crippen LogP contribution in [0, 0.1) is 5.82 Å². The highest BCUT2D eigenvalue weighted by atomic mass is 19.4. The predicted molar refractivity (Wildman–Crippen MR) is 87.3 cm³/mol. The van der Waals surface area contributed by atoms with Crippen molar-refractivity contribution >= 4 is 11.6 Å². The van der Waals surface area contributed by atoms with Crippen LogP contribution in [0.3, 0.4) is 0 Å². The largest absolute Gasteiger partial charge is 0.418 e. The summed E-state index contributed by atoms with van der Waals surface area (Å²) in [6.07, 6.45) is -2.10. The molecule has 3 aromatic rings. The minimum atomic E-state index is -4.68. The smallest absolute Gasteiger partial charge is 0.325 e. The zero-order valence-electron chi connectivity index (χ0n) is 13.3. The molecule has 26 heavy (non-hydrogen) atoms. The van der Waals surface area contributed by atoms with E-state index in [-0.39, 0.29) is 17.7 Å². The number of halogens is 4. The number of nitrogens with zero attached hydrogens (tertiary/aromatic N) is 2. The first kappa shape index (κ1) is 17.7. The summed E-state index contributed by atoms with van der Waals surface area (Å²) in [4.78, 5) is 12.1. The molecule has 1 N–H and O–H groups in total. The van der Waals surface area contributed by atoms with Crippen LogP contribution in [0.25, 0.3) is 5.69 Å². The van der Waals surface area contributed by atoms with Crippen molar-refractivity contribution < 1.29 is 22.4 Å². The second-order valence-corrected chi connectivity index (χ2v) is 5.49. The fourth-order valence-corrected chi connectivity index (χ4v) is 2.45. The van der Waals surface area contributed by atoms with Crippen LogP contribution in [-0.2, 0) is 17.4 Å². The lowest BCUT2D eigenvalue weighted by molar-refractivity contribution is -0.137. The zero-order valence-corrected chi connectivity index (χ0v) is 13.3. The van der Waals surface area contributed by atoms with Crippen molar-refractivity contribution in [2.45, 2.75) is 12.6 Å². The van der Waals surface area contributed by atoms with E-state index in [9.17, 15) is 22.4 Å². The molecule has 0 saturated heterocycles. The van der Waals surface area contributed by atoms with E-state index < -0.39 is 29.2 Å². The van der Waals surface area contributed by atoms with Gasteiger partial charge in [-0.2, -0.15) is 18.3 Å². The molecule has 134 valence electrons. The van der Waals surface area contributed by atoms with Crippen molar-refractivity contribution in [3.63, 3.8) is 0 Å². The van der Waals surface area contributed by atoms with Gasteiger partial charge in [0.15, 0.2) is 0 Å². The number of hydrogen-bond acceptors (Lipinski definition) is 2. The van der Waals surface area contributed by atoms with Gasteiger partial charge < -0.3 is 5.32 Å². The molecular formula is C18H13F4N3O. The van der Waals surface area contributed by atoms with Gasteiger partial charge in [0.2, 0.25) is 5.91 Å². The van der Waals surface area contributed by atoms with Crippen LogP contribution in [0.2, 0.25) is 0 Å². The lowest BCUT2D eigenvalue weighted by Gasteiger charge is -2.15. The first-order chi connectivity index (χ1) is 12.3. The maximum Gasteiger partial charge on any atom is 0.418 e. The van der Waals surface area contributed by atoms with Crippen molar-refractivity contribution in [1.82, 2.24) is 9.78 Å². The summed E-state index contributed by atoms with van der Waals surface area (Å²) >= 11 is 0. The summed E-state index contributed by atoms with van der Waals surface area (Å²) < 4.78 is 55.0. The molecule has 0 bridgehead atoms. The average Bonchev–Trinajstić information content (AvgIpc) is 3.11. The number of benzene rings is 2. The van der Waals surface area contributed by atoms with E-state index in [2.05, 4.69) is 10.4 Å². The molecule has 0 atom stereocenters. The van der Waals surface area contributed by atoms with E-state index >= 15 is 0 Å². The number of carbonyl (C=O) groups is 1. The van der Waals surface area contributed by atoms with Crippen LogP contribution in [0.5, 0.6) is 0 Å². The van der Waals surface area contributed by atoms with Gasteiger partial charge in [-0.05, 0) is 35.9 Å². The number of carbonyl (C=O) groups excluding carboxylic acids is 1. The minimum Gasteiger partial charge on any atom is -0.325 e. The number of hydrogen-bond donors (Lipinski definition) is 1. The van der Waals surface area contributed by atoms with Crippen LogP contribution >= 0.6 is 0 Å². The Kier molecular flexibility index (Phi) is 4.75. The third kappa shape index (κ3) is 3.90. The van der Waals surface area contributed by atoms with Crippen LogP contribution < -0.4 is 5.32 Å². The van der Waals surface area contributed by atoms with Gasteiger partial charge >= 0.3 is 6.18 Å². The van der Waals surface area contributed by atoms with Gasteiger partial charge in [-0.3, -0.25) is 4.79 Å². The molecule has 0 aliphatic rings. The molecule has 0 aliphatic carbocycles. The van der Waals surface area contributed by atoms with Gasteiger partial charge in [0.1, 0.15) is 5.82 Å². The topological polar surface area (TPSA) is 46.9 Å². The Morgan fingerprint density at radius 1 is 1.12 bits per heavy atom. The van der Waals surface area contributed by atoms with Gasteiger partial charge in [-0.25, -0.2) is 9.07 Å². The highest BCUT2D eigenvalue weighted by Gasteiger charge is 2.34. The SMILES string of the molecule is O=C(Cc1ccccc1F)Nc1ccc(-n2cccn2)cc1C(F)(F)F. The summed E-state index contributed by atoms with van der Waals surface area (Å²) in [6.45, 7) is 0. The maximum atomic E-state index is 13.6. The molecule has 1 heterocycles. The van der Waals surface area contributed by atoms with E-state index in [1.54, 1.807) is 12.1 Å². The molecule has 2 aromatic carbocycles. The normalized spacial score (nSPS) is 11.4. The molecule has 0 fully saturated rings. The summed E-state index contributed by atoms with van der Waals surface area (Å²) in [5, 5.41) is 6.10. The van der Waals surface area contributed by atoms with Crippen LogP contribution in [0.15, 0.2) is 60.9 Å². The van der Waals surface area contributed by atoms with Crippen molar-refractivity contribution in [1.29, 1.82) is 0 Å². The van der Waals surface area contributed by atoms with Gasteiger partial charge in [0.05, 0.1) is 23.4 Å². The molecule has 0 unspecified atom stereocenters. The first-order valence-electron chi connectivity index (χ1n) is 7.59. The standard InChI is InChI=1S/C18H13F4N3O/c19-15-5-2-1-4-12(15)10-17(26)24-16-7-6-13(25-9-3-8-23-25)11-14(16)18(20,21)22/h1-9,11H,10H2,(H,24,26). The molecular weight excluding hydrogens is 350 g/mol. The number of rotatable bonds is 4. The Bertz CT molecular complexity index is 920. The summed E-state index contributed by atoms with van der Waals surface area (Å²) in [5.74, 6) is -1.33. The Morgan fingerprint density at radius 3 is 2.54 bits per heavy atom. The minimum absolute atomic E-state index is 0.103. The third-order valence-electron chi connectivity index (χ3n) is 3.66. The fourth-order valence-electron chi connectivity index (χ4n) is 2.45. The quantitative estimate of drug-likeness (QED) is 0.706. The fraction of sp³-hybridized carbons (Fsp3) is 0.111. The molecule has 8 heteroatoms. The second kappa shape index (κ2) is 6.99. The molecule has 0 radical (unpaired) electrons. The van der Waals surface area contributed by atoms with E-state index in [4.69, 9.17) is 0 Å². The molecule has 1 aromatic heterocycles. The monoisotopic (exact) mass is 363 g/mol. The number of alkyl halides is 3. The summed E-state index contributed by atoms with van der Waals surface area (Å²) in [6, 6.07) is 10.6. The van der Waals surface area contributed by atoms with Crippen molar-refractivity contribution in [2.75, 3.05) is 5.32 Å². The zero-order chi connectivity index (χ0) is 18.7. The summed E-state index contributed by atoms with van der Waals surface area (Å²) in [5.41, 5.74) is -1.09. The molecule has 4 nitrogen and oxygen atoms in total. The van der Waals surface area contributed by atoms with Crippen molar-refractivity contribution in [3.8, 4) is 5.69 Å². The number of nitrogens with one attached hydrogen (secondary N) is 1. The van der Waals surface area contributed by atoms with Crippen LogP contribution in [-0.4, -0.2) is 15.7 Å². The Hall–Kier alpha value is -3.16. The van der Waals surface area contributed by atoms with Gasteiger partial charge in [-0.1, -0.05) is 18.2 Å². The van der Waals surface area contributed by atoms with Gasteiger partial charge in [0, 0.05) is 12.4 Å². The van der Waals surface area contributed by atoms with Crippen LogP contribution in [0.4, 0.5) is 23.2 Å². The average molecular weight is 363 g/mol. The van der Waals surface area contributed by atoms with E-state index in [1.807, 2.05) is 0 Å². The van der Waals surface area contributed by atoms with E-state index in [0.29, 0.717) is 0 Å². The predicted octanol–water partition coefficient (Wildman–Crippen LogP) is 4.21. The second-order valence-electron chi connectivity index (χ2n) is 5.49. The number of anilines is 1. The lowest BCUT2D eigenvalue weighted by Crippen LogP contribution is -2.19. The first-order valence-corrected chi connectivity index (χ1v) is 7.59. The third-order valence-corrected chi connectivity index (χ3v) is 3.66. The highest BCUT2D eigenvalue weighted by molar-refractivity contribution is 5.93. The lowest BCUT2D eigenvalue weighted by atomic mass is 10.1. The molecule has 3 rings (SSSR count). The van der Waals surface area contributed by atoms with Gasteiger partial charge in [-0.15, -0.1) is 0 Å². The summed E-state index contributed by atoms with van der Waals surface area (Å²) in [7, 11) is 0. The molecule has 0 saturated carbocycles. The maximum absolute atomic E-state index is 13.6. The van der Waals surface area contributed by atoms with Gasteiger partial charge in [0.25, 0.3) is 0 Å². The Labute approximate surface area is 146 Å². The van der Waals surface area contributed by atoms with Crippen molar-refractivity contribution in [3.05, 3.63) is 77.9 Å². The molecule has 0 spiro atoms. The molecule has 1 amide bonds. The number of aromatic nitrogens is 2. The van der Waals surface area contributed by atoms with Crippen molar-refractivity contribution in [2.24, 2.45) is 0 Å².